The molecule has 1 aromatic carbocycles. The van der Waals surface area contributed by atoms with Gasteiger partial charge >= 0.3 is 0 Å². The third-order valence-electron chi connectivity index (χ3n) is 4.50. The van der Waals surface area contributed by atoms with Gasteiger partial charge in [-0.05, 0) is 37.7 Å². The molecule has 0 spiro atoms. The Morgan fingerprint density at radius 2 is 2.26 bits per heavy atom. The number of ether oxygens (including phenoxy) is 1. The van der Waals surface area contributed by atoms with Crippen LogP contribution >= 0.6 is 11.6 Å². The van der Waals surface area contributed by atoms with E-state index in [2.05, 4.69) is 11.9 Å². The Balaban J connectivity index is 1.71. The smallest absolute Gasteiger partial charge is 0.289 e. The minimum absolute atomic E-state index is 0.119. The lowest BCUT2D eigenvalue weighted by molar-refractivity contribution is 0.0731. The summed E-state index contributed by atoms with van der Waals surface area (Å²) in [5, 5.41) is 1.47. The van der Waals surface area contributed by atoms with Gasteiger partial charge in [0.25, 0.3) is 5.91 Å². The van der Waals surface area contributed by atoms with Crippen molar-refractivity contribution in [2.45, 2.75) is 18.6 Å². The largest absolute Gasteiger partial charge is 0.451 e. The fraction of sp³-hybridized carbons (Fsp3) is 0.471. The van der Waals surface area contributed by atoms with Crippen molar-refractivity contribution in [3.8, 4) is 0 Å². The maximum Gasteiger partial charge on any atom is 0.289 e. The molecule has 0 aliphatic carbocycles. The second kappa shape index (κ2) is 6.51. The molecule has 3 rings (SSSR count). The Hall–Kier alpha value is -1.56. The number of likely N-dealkylation sites (N-methyl/N-ethyl adjacent to an activating group) is 2. The van der Waals surface area contributed by atoms with E-state index in [1.165, 1.54) is 0 Å². The predicted molar refractivity (Wildman–Crippen MR) is 90.0 cm³/mol. The Morgan fingerprint density at radius 1 is 1.48 bits per heavy atom. The van der Waals surface area contributed by atoms with Gasteiger partial charge in [0.05, 0.1) is 6.10 Å². The third-order valence-corrected chi connectivity index (χ3v) is 4.74. The number of furan rings is 1. The number of carbonyl (C=O) groups excluding carboxylic acids is 1. The number of rotatable bonds is 4. The predicted octanol–water partition coefficient (Wildman–Crippen LogP) is 2.88. The van der Waals surface area contributed by atoms with E-state index in [-0.39, 0.29) is 12.0 Å². The van der Waals surface area contributed by atoms with Crippen molar-refractivity contribution in [1.29, 1.82) is 0 Å². The van der Waals surface area contributed by atoms with E-state index in [9.17, 15) is 4.79 Å². The van der Waals surface area contributed by atoms with E-state index >= 15 is 0 Å². The first-order valence-electron chi connectivity index (χ1n) is 7.65. The van der Waals surface area contributed by atoms with E-state index in [0.717, 1.165) is 18.4 Å². The monoisotopic (exact) mass is 336 g/mol. The van der Waals surface area contributed by atoms with Crippen molar-refractivity contribution < 1.29 is 13.9 Å². The van der Waals surface area contributed by atoms with Gasteiger partial charge in [-0.2, -0.15) is 0 Å². The molecule has 0 unspecified atom stereocenters. The minimum atomic E-state index is -0.119. The molecule has 1 fully saturated rings. The number of fused-ring (bicyclic) bond motifs is 1. The molecule has 1 aliphatic heterocycles. The molecule has 1 saturated heterocycles. The topological polar surface area (TPSA) is 45.9 Å². The van der Waals surface area contributed by atoms with E-state index in [4.69, 9.17) is 20.8 Å². The van der Waals surface area contributed by atoms with Gasteiger partial charge in [0.2, 0.25) is 0 Å². The number of hydrogen-bond acceptors (Lipinski definition) is 4. The number of benzene rings is 1. The zero-order valence-corrected chi connectivity index (χ0v) is 14.3. The van der Waals surface area contributed by atoms with Crippen LogP contribution in [0.1, 0.15) is 17.0 Å². The fourth-order valence-corrected chi connectivity index (χ4v) is 3.30. The lowest BCUT2D eigenvalue weighted by atomic mass is 10.2. The number of halogens is 1. The quantitative estimate of drug-likeness (QED) is 0.861. The van der Waals surface area contributed by atoms with Gasteiger partial charge in [-0.1, -0.05) is 11.6 Å². The first kappa shape index (κ1) is 16.3. The molecule has 6 heteroatoms. The maximum atomic E-state index is 12.6. The average Bonchev–Trinajstić information content (AvgIpc) is 3.09. The van der Waals surface area contributed by atoms with Crippen LogP contribution in [0.25, 0.3) is 11.0 Å². The standard InChI is InChI=1S/C17H21ClN2O3/c1-19-10-14(22-3)8-13(19)9-20(2)17(21)16-7-11-6-12(18)4-5-15(11)23-16/h4-7,13-14H,8-10H2,1-3H3/t13-,14-/m0/s1. The molecular formula is C17H21ClN2O3. The third kappa shape index (κ3) is 3.37. The Morgan fingerprint density at radius 3 is 2.96 bits per heavy atom. The summed E-state index contributed by atoms with van der Waals surface area (Å²) in [6.45, 7) is 1.54. The summed E-state index contributed by atoms with van der Waals surface area (Å²) in [5.41, 5.74) is 0.670. The number of hydrogen-bond donors (Lipinski definition) is 0. The van der Waals surface area contributed by atoms with Crippen LogP contribution < -0.4 is 0 Å². The summed E-state index contributed by atoms with van der Waals surface area (Å²) in [7, 11) is 5.59. The second-order valence-electron chi connectivity index (χ2n) is 6.17. The van der Waals surface area contributed by atoms with E-state index in [1.807, 2.05) is 0 Å². The van der Waals surface area contributed by atoms with Gasteiger partial charge in [-0.25, -0.2) is 0 Å². The normalized spacial score (nSPS) is 21.9. The second-order valence-corrected chi connectivity index (χ2v) is 6.60. The zero-order chi connectivity index (χ0) is 16.6. The fourth-order valence-electron chi connectivity index (χ4n) is 3.12. The number of amides is 1. The van der Waals surface area contributed by atoms with Crippen LogP contribution in [0.2, 0.25) is 5.02 Å². The van der Waals surface area contributed by atoms with Crippen molar-refractivity contribution in [2.24, 2.45) is 0 Å². The number of carbonyl (C=O) groups is 1. The van der Waals surface area contributed by atoms with Gasteiger partial charge in [0.1, 0.15) is 5.58 Å². The first-order valence-corrected chi connectivity index (χ1v) is 8.03. The van der Waals surface area contributed by atoms with Gasteiger partial charge in [0, 0.05) is 43.7 Å². The van der Waals surface area contributed by atoms with Gasteiger partial charge in [0.15, 0.2) is 5.76 Å². The summed E-state index contributed by atoms with van der Waals surface area (Å²) in [6, 6.07) is 7.38. The highest BCUT2D eigenvalue weighted by molar-refractivity contribution is 6.31. The summed E-state index contributed by atoms with van der Waals surface area (Å²) in [4.78, 5) is 16.5. The van der Waals surface area contributed by atoms with Crippen molar-refractivity contribution in [3.05, 3.63) is 35.0 Å². The summed E-state index contributed by atoms with van der Waals surface area (Å²) >= 11 is 5.97. The minimum Gasteiger partial charge on any atom is -0.451 e. The van der Waals surface area contributed by atoms with E-state index < -0.39 is 0 Å². The van der Waals surface area contributed by atoms with Crippen LogP contribution in [0.4, 0.5) is 0 Å². The molecular weight excluding hydrogens is 316 g/mol. The lowest BCUT2D eigenvalue weighted by Crippen LogP contribution is -2.39. The summed E-state index contributed by atoms with van der Waals surface area (Å²) < 4.78 is 11.1. The highest BCUT2D eigenvalue weighted by Crippen LogP contribution is 2.24. The summed E-state index contributed by atoms with van der Waals surface area (Å²) in [5.74, 6) is 0.222. The van der Waals surface area contributed by atoms with Crippen LogP contribution in [-0.2, 0) is 4.74 Å². The van der Waals surface area contributed by atoms with Crippen LogP contribution in [-0.4, -0.2) is 62.1 Å². The molecule has 0 radical (unpaired) electrons. The molecule has 2 aromatic rings. The van der Waals surface area contributed by atoms with Crippen molar-refractivity contribution in [1.82, 2.24) is 9.80 Å². The SMILES string of the molecule is CO[C@H]1C[C@@H](CN(C)C(=O)c2cc3cc(Cl)ccc3o2)N(C)C1. The zero-order valence-electron chi connectivity index (χ0n) is 13.6. The number of nitrogens with zero attached hydrogens (tertiary/aromatic N) is 2. The molecule has 0 bridgehead atoms. The van der Waals surface area contributed by atoms with E-state index in [0.29, 0.717) is 29.0 Å². The van der Waals surface area contributed by atoms with Crippen LogP contribution in [0, 0.1) is 0 Å². The van der Waals surface area contributed by atoms with Crippen LogP contribution in [0.3, 0.4) is 0 Å². The molecule has 5 nitrogen and oxygen atoms in total. The number of methoxy groups -OCH3 is 1. The lowest BCUT2D eigenvalue weighted by Gasteiger charge is -2.24. The molecule has 0 saturated carbocycles. The Labute approximate surface area is 140 Å². The summed E-state index contributed by atoms with van der Waals surface area (Å²) in [6.07, 6.45) is 1.17. The van der Waals surface area contributed by atoms with Gasteiger partial charge < -0.3 is 14.1 Å². The molecule has 1 aliphatic rings. The van der Waals surface area contributed by atoms with Crippen LogP contribution in [0.15, 0.2) is 28.7 Å². The van der Waals surface area contributed by atoms with Gasteiger partial charge in [-0.15, -0.1) is 0 Å². The molecule has 2 heterocycles. The average molecular weight is 337 g/mol. The van der Waals surface area contributed by atoms with Crippen LogP contribution in [0.5, 0.6) is 0 Å². The molecule has 1 aromatic heterocycles. The highest BCUT2D eigenvalue weighted by atomic mass is 35.5. The van der Waals surface area contributed by atoms with Gasteiger partial charge in [-0.3, -0.25) is 9.69 Å². The molecule has 23 heavy (non-hydrogen) atoms. The Kier molecular flexibility index (Phi) is 4.62. The molecule has 0 N–H and O–H groups in total. The molecule has 1 amide bonds. The van der Waals surface area contributed by atoms with E-state index in [1.54, 1.807) is 43.3 Å². The molecule has 2 atom stereocenters. The Bertz CT molecular complexity index is 715. The van der Waals surface area contributed by atoms with Crippen molar-refractivity contribution >= 4 is 28.5 Å². The highest BCUT2D eigenvalue weighted by Gasteiger charge is 2.31. The number of likely N-dealkylation sites (tertiary alicyclic amines) is 1. The molecule has 124 valence electrons. The first-order chi connectivity index (χ1) is 11.0. The van der Waals surface area contributed by atoms with Crippen molar-refractivity contribution in [3.63, 3.8) is 0 Å². The maximum absolute atomic E-state index is 12.6. The van der Waals surface area contributed by atoms with Crippen molar-refractivity contribution in [2.75, 3.05) is 34.3 Å².